The molecule has 0 aromatic heterocycles. The Morgan fingerprint density at radius 1 is 0.744 bits per heavy atom. The third kappa shape index (κ3) is 12.7. The van der Waals surface area contributed by atoms with Crippen LogP contribution < -0.4 is 0 Å². The zero-order valence-electron chi connectivity index (χ0n) is 26.9. The lowest BCUT2D eigenvalue weighted by molar-refractivity contribution is -0.177. The van der Waals surface area contributed by atoms with E-state index in [0.717, 1.165) is 0 Å². The highest BCUT2D eigenvalue weighted by Crippen LogP contribution is 2.40. The molecule has 0 fully saturated rings. The average Bonchev–Trinajstić information content (AvgIpc) is 2.60. The molecule has 0 radical (unpaired) electrons. The standard InChI is InChI=1S/C23H54O10Si6/c1-17-18-20(24)23(27,22(26)28-21(25)19(2)3)39(31-36(10,11)12,32-37(13,14)15)33-38(16,29-34(4,5)6)30-35(7,8)9/h20,24,27H,2,17-18H2,1,3-16H3. The first-order valence-corrected chi connectivity index (χ1v) is 30.9. The molecule has 230 valence electrons. The maximum absolute atomic E-state index is 13.9. The van der Waals surface area contributed by atoms with Crippen LogP contribution in [0.3, 0.4) is 0 Å². The fourth-order valence-corrected chi connectivity index (χ4v) is 27.0. The normalized spacial score (nSPS) is 16.4. The van der Waals surface area contributed by atoms with Gasteiger partial charge in [0, 0.05) is 12.1 Å². The number of hydrogen-bond acceptors (Lipinski definition) is 10. The zero-order chi connectivity index (χ0) is 31.5. The van der Waals surface area contributed by atoms with Gasteiger partial charge >= 0.3 is 29.5 Å². The highest BCUT2D eigenvalue weighted by atomic mass is 28.5. The van der Waals surface area contributed by atoms with Crippen molar-refractivity contribution in [3.8, 4) is 0 Å². The summed E-state index contributed by atoms with van der Waals surface area (Å²) in [7, 11) is -18.6. The number of carbonyl (C=O) groups is 2. The Kier molecular flexibility index (Phi) is 13.4. The van der Waals surface area contributed by atoms with E-state index in [1.165, 1.54) is 6.92 Å². The molecule has 0 amide bonds. The monoisotopic (exact) mass is 658 g/mol. The molecule has 0 aliphatic carbocycles. The third-order valence-corrected chi connectivity index (χ3v) is 23.5. The predicted molar refractivity (Wildman–Crippen MR) is 168 cm³/mol. The van der Waals surface area contributed by atoms with Crippen LogP contribution in [0.25, 0.3) is 0 Å². The molecular weight excluding hydrogens is 605 g/mol. The summed E-state index contributed by atoms with van der Waals surface area (Å²) >= 11 is 0. The van der Waals surface area contributed by atoms with Crippen molar-refractivity contribution in [2.45, 2.75) is 123 Å². The van der Waals surface area contributed by atoms with Gasteiger partial charge in [0.15, 0.2) is 33.3 Å². The van der Waals surface area contributed by atoms with Crippen molar-refractivity contribution >= 4 is 62.8 Å². The lowest BCUT2D eigenvalue weighted by Gasteiger charge is -2.51. The topological polar surface area (TPSA) is 130 Å². The molecule has 0 aromatic rings. The highest BCUT2D eigenvalue weighted by molar-refractivity contribution is 6.94. The summed E-state index contributed by atoms with van der Waals surface area (Å²) in [4.78, 5) is 26.3. The molecule has 0 aliphatic rings. The molecule has 39 heavy (non-hydrogen) atoms. The van der Waals surface area contributed by atoms with Crippen LogP contribution in [0.4, 0.5) is 0 Å². The lowest BCUT2D eigenvalue weighted by atomic mass is 10.1. The van der Waals surface area contributed by atoms with Crippen molar-refractivity contribution in [2.24, 2.45) is 0 Å². The number of hydrogen-bond donors (Lipinski definition) is 2. The number of carbonyl (C=O) groups excluding carboxylic acids is 2. The van der Waals surface area contributed by atoms with E-state index >= 15 is 0 Å². The summed E-state index contributed by atoms with van der Waals surface area (Å²) in [6.45, 7) is 31.5. The van der Waals surface area contributed by atoms with Gasteiger partial charge in [-0.1, -0.05) is 19.9 Å². The molecule has 2 atom stereocenters. The molecule has 0 rings (SSSR count). The van der Waals surface area contributed by atoms with Gasteiger partial charge in [-0.05, 0) is 91.9 Å². The quantitative estimate of drug-likeness (QED) is 0.101. The molecule has 16 heteroatoms. The minimum absolute atomic E-state index is 0.0168. The number of esters is 2. The largest absolute Gasteiger partial charge is 0.521 e. The van der Waals surface area contributed by atoms with Gasteiger partial charge < -0.3 is 35.5 Å². The maximum atomic E-state index is 13.9. The van der Waals surface area contributed by atoms with Crippen LogP contribution in [0.1, 0.15) is 26.7 Å². The minimum Gasteiger partial charge on any atom is -0.417 e. The molecule has 0 bridgehead atoms. The van der Waals surface area contributed by atoms with Gasteiger partial charge in [0.05, 0.1) is 6.10 Å². The summed E-state index contributed by atoms with van der Waals surface area (Å²) in [6.07, 6.45) is -1.35. The van der Waals surface area contributed by atoms with Gasteiger partial charge in [-0.25, -0.2) is 9.59 Å². The molecular formula is C23H54O10Si6. The zero-order valence-corrected chi connectivity index (χ0v) is 32.9. The SMILES string of the molecule is C=C(C)C(=O)OC(=O)C(O)(C(O)CCC)[Si](O[Si](C)(C)C)(O[Si](C)(C)C)O[Si](C)(O[Si](C)(C)C)O[Si](C)(C)C. The summed E-state index contributed by atoms with van der Waals surface area (Å²) in [6, 6.07) is 0. The van der Waals surface area contributed by atoms with E-state index in [1.807, 2.05) is 78.6 Å². The van der Waals surface area contributed by atoms with Crippen LogP contribution in [0.5, 0.6) is 0 Å². The Labute approximate surface area is 242 Å². The molecule has 0 spiro atoms. The van der Waals surface area contributed by atoms with E-state index < -0.39 is 74.1 Å². The minimum atomic E-state index is -4.79. The van der Waals surface area contributed by atoms with Crippen molar-refractivity contribution in [3.63, 3.8) is 0 Å². The Bertz CT molecular complexity index is 841. The number of aliphatic hydroxyl groups excluding tert-OH is 1. The van der Waals surface area contributed by atoms with Gasteiger partial charge in [-0.3, -0.25) is 0 Å². The Morgan fingerprint density at radius 2 is 1.10 bits per heavy atom. The van der Waals surface area contributed by atoms with Crippen molar-refractivity contribution < 1.29 is 45.1 Å². The lowest BCUT2D eigenvalue weighted by Crippen LogP contribution is -2.80. The number of rotatable bonds is 16. The second-order valence-electron chi connectivity index (χ2n) is 13.9. The smallest absolute Gasteiger partial charge is 0.417 e. The summed E-state index contributed by atoms with van der Waals surface area (Å²) in [5.74, 6) is -2.44. The van der Waals surface area contributed by atoms with Gasteiger partial charge in [0.1, 0.15) is 0 Å². The fraction of sp³-hybridized carbons (Fsp3) is 0.826. The van der Waals surface area contributed by atoms with E-state index in [0.29, 0.717) is 6.42 Å². The van der Waals surface area contributed by atoms with Crippen LogP contribution in [-0.4, -0.2) is 84.4 Å². The van der Waals surface area contributed by atoms with Crippen molar-refractivity contribution in [3.05, 3.63) is 12.2 Å². The van der Waals surface area contributed by atoms with E-state index in [-0.39, 0.29) is 12.0 Å². The van der Waals surface area contributed by atoms with Gasteiger partial charge in [-0.15, -0.1) is 0 Å². The molecule has 2 N–H and O–H groups in total. The summed E-state index contributed by atoms with van der Waals surface area (Å²) < 4.78 is 38.3. The van der Waals surface area contributed by atoms with Gasteiger partial charge in [0.2, 0.25) is 0 Å². The molecule has 0 aromatic carbocycles. The second-order valence-corrected chi connectivity index (χ2v) is 38.5. The summed E-state index contributed by atoms with van der Waals surface area (Å²) in [5, 5.41) is 21.1. The van der Waals surface area contributed by atoms with Crippen LogP contribution >= 0.6 is 0 Å². The van der Waals surface area contributed by atoms with Crippen molar-refractivity contribution in [1.29, 1.82) is 0 Å². The molecule has 0 saturated heterocycles. The van der Waals surface area contributed by atoms with Crippen LogP contribution in [0.2, 0.25) is 85.1 Å². The molecule has 0 heterocycles. The Morgan fingerprint density at radius 3 is 1.38 bits per heavy atom. The Balaban J connectivity index is 7.75. The maximum Gasteiger partial charge on any atom is 0.521 e. The third-order valence-electron chi connectivity index (χ3n) is 4.54. The van der Waals surface area contributed by atoms with E-state index in [4.69, 9.17) is 25.3 Å². The fourth-order valence-electron chi connectivity index (χ4n) is 3.72. The second kappa shape index (κ2) is 13.5. The van der Waals surface area contributed by atoms with Gasteiger partial charge in [0.25, 0.3) is 5.22 Å². The highest BCUT2D eigenvalue weighted by Gasteiger charge is 2.74. The van der Waals surface area contributed by atoms with Crippen LogP contribution in [-0.2, 0) is 34.9 Å². The van der Waals surface area contributed by atoms with Crippen LogP contribution in [0, 0.1) is 0 Å². The van der Waals surface area contributed by atoms with E-state index in [2.05, 4.69) is 6.58 Å². The summed E-state index contributed by atoms with van der Waals surface area (Å²) in [5.41, 5.74) is -0.0514. The Hall–Kier alpha value is -0.0987. The number of aliphatic hydroxyl groups is 2. The van der Waals surface area contributed by atoms with Crippen molar-refractivity contribution in [2.75, 3.05) is 0 Å². The molecule has 0 aliphatic heterocycles. The first kappa shape index (κ1) is 38.9. The average molecular weight is 659 g/mol. The first-order chi connectivity index (χ1) is 17.0. The molecule has 10 nitrogen and oxygen atoms in total. The van der Waals surface area contributed by atoms with Crippen molar-refractivity contribution in [1.82, 2.24) is 0 Å². The van der Waals surface area contributed by atoms with E-state index in [9.17, 15) is 19.8 Å². The van der Waals surface area contributed by atoms with Crippen LogP contribution in [0.15, 0.2) is 12.2 Å². The van der Waals surface area contributed by atoms with Gasteiger partial charge in [-0.2, -0.15) is 0 Å². The molecule has 2 unspecified atom stereocenters. The molecule has 0 saturated carbocycles. The predicted octanol–water partition coefficient (Wildman–Crippen LogP) is 4.99. The number of ether oxygens (including phenoxy) is 1. The first-order valence-electron chi connectivity index (χ1n) is 13.3. The van der Waals surface area contributed by atoms with E-state index in [1.54, 1.807) is 13.5 Å².